The van der Waals surface area contributed by atoms with Gasteiger partial charge < -0.3 is 5.32 Å². The average molecular weight is 376 g/mol. The van der Waals surface area contributed by atoms with Crippen LogP contribution in [0.3, 0.4) is 0 Å². The third-order valence-corrected chi connectivity index (χ3v) is 4.48. The molecule has 118 valence electrons. The summed E-state index contributed by atoms with van der Waals surface area (Å²) in [5.74, 6) is -0.310. The topological polar surface area (TPSA) is 61.4 Å². The molecule has 0 saturated heterocycles. The van der Waals surface area contributed by atoms with E-state index in [4.69, 9.17) is 0 Å². The molecule has 1 aromatic rings. The Kier molecular flexibility index (Phi) is 6.37. The summed E-state index contributed by atoms with van der Waals surface area (Å²) in [6.45, 7) is 8.03. The molecule has 3 amide bonds. The number of rotatable bonds is 4. The van der Waals surface area contributed by atoms with Gasteiger partial charge in [0.25, 0.3) is 0 Å². The van der Waals surface area contributed by atoms with Gasteiger partial charge in [-0.3, -0.25) is 15.0 Å². The van der Waals surface area contributed by atoms with E-state index in [0.717, 1.165) is 9.35 Å². The van der Waals surface area contributed by atoms with Crippen molar-refractivity contribution < 1.29 is 9.59 Å². The number of thiophene rings is 1. The number of likely N-dealkylation sites (N-methyl/N-ethyl adjacent to an activating group) is 1. The Morgan fingerprint density at radius 3 is 2.52 bits per heavy atom. The van der Waals surface area contributed by atoms with Crippen LogP contribution in [0.5, 0.6) is 0 Å². The zero-order valence-corrected chi connectivity index (χ0v) is 15.4. The predicted molar refractivity (Wildman–Crippen MR) is 89.4 cm³/mol. The number of amides is 3. The van der Waals surface area contributed by atoms with Crippen molar-refractivity contribution in [3.05, 3.63) is 20.8 Å². The first-order chi connectivity index (χ1) is 9.58. The monoisotopic (exact) mass is 375 g/mol. The van der Waals surface area contributed by atoms with Gasteiger partial charge in [-0.05, 0) is 56.7 Å². The third kappa shape index (κ3) is 6.58. The quantitative estimate of drug-likeness (QED) is 0.850. The smallest absolute Gasteiger partial charge is 0.321 e. The minimum atomic E-state index is -0.466. The fraction of sp³-hybridized carbons (Fsp3) is 0.571. The van der Waals surface area contributed by atoms with Crippen LogP contribution in [0.15, 0.2) is 15.9 Å². The molecule has 0 aromatic carbocycles. The second kappa shape index (κ2) is 7.38. The van der Waals surface area contributed by atoms with Crippen LogP contribution in [-0.2, 0) is 11.3 Å². The number of hydrogen-bond acceptors (Lipinski definition) is 4. The van der Waals surface area contributed by atoms with Gasteiger partial charge in [0, 0.05) is 26.8 Å². The van der Waals surface area contributed by atoms with Crippen molar-refractivity contribution in [2.24, 2.45) is 0 Å². The lowest BCUT2D eigenvalue weighted by molar-refractivity contribution is -0.124. The summed E-state index contributed by atoms with van der Waals surface area (Å²) < 4.78 is 1.04. The molecule has 0 spiro atoms. The van der Waals surface area contributed by atoms with Crippen LogP contribution in [0.1, 0.15) is 32.6 Å². The summed E-state index contributed by atoms with van der Waals surface area (Å²) in [6, 6.07) is 1.17. The molecule has 0 saturated carbocycles. The van der Waals surface area contributed by atoms with Crippen LogP contribution >= 0.6 is 27.3 Å². The number of halogens is 1. The van der Waals surface area contributed by atoms with Gasteiger partial charge in [0.05, 0.1) is 6.04 Å². The highest BCUT2D eigenvalue weighted by Crippen LogP contribution is 2.21. The van der Waals surface area contributed by atoms with Crippen molar-refractivity contribution in [3.63, 3.8) is 0 Å². The summed E-state index contributed by atoms with van der Waals surface area (Å²) in [5, 5.41) is 7.08. The molecule has 21 heavy (non-hydrogen) atoms. The molecule has 0 unspecified atom stereocenters. The number of imide groups is 1. The van der Waals surface area contributed by atoms with Crippen LogP contribution < -0.4 is 10.6 Å². The molecule has 1 rings (SSSR count). The molecule has 1 aromatic heterocycles. The minimum absolute atomic E-state index is 0.310. The first kappa shape index (κ1) is 18.1. The molecule has 7 heteroatoms. The standard InChI is InChI=1S/C14H22BrN3O2S/c1-9(12(19)16-13(20)17-14(2,3)4)18(5)7-11-6-10(15)8-21-11/h6,8-9H,7H2,1-5H3,(H2,16,17,19,20)/t9-/m1/s1. The number of nitrogens with zero attached hydrogens (tertiary/aromatic N) is 1. The van der Waals surface area contributed by atoms with Gasteiger partial charge in [-0.2, -0.15) is 0 Å². The maximum Gasteiger partial charge on any atom is 0.321 e. The highest BCUT2D eigenvalue weighted by atomic mass is 79.9. The third-order valence-electron chi connectivity index (χ3n) is 2.79. The van der Waals surface area contributed by atoms with Crippen molar-refractivity contribution >= 4 is 39.2 Å². The Hall–Kier alpha value is -0.920. The van der Waals surface area contributed by atoms with Crippen molar-refractivity contribution in [1.29, 1.82) is 0 Å². The maximum absolute atomic E-state index is 12.1. The molecule has 0 aliphatic rings. The van der Waals surface area contributed by atoms with Gasteiger partial charge in [0.1, 0.15) is 0 Å². The fourth-order valence-electron chi connectivity index (χ4n) is 1.61. The van der Waals surface area contributed by atoms with E-state index in [9.17, 15) is 9.59 Å². The van der Waals surface area contributed by atoms with Gasteiger partial charge in [0.2, 0.25) is 5.91 Å². The van der Waals surface area contributed by atoms with Gasteiger partial charge >= 0.3 is 6.03 Å². The molecule has 0 bridgehead atoms. The summed E-state index contributed by atoms with van der Waals surface area (Å²) >= 11 is 5.04. The first-order valence-corrected chi connectivity index (χ1v) is 8.32. The van der Waals surface area contributed by atoms with Crippen LogP contribution in [0.2, 0.25) is 0 Å². The number of carbonyl (C=O) groups is 2. The molecular formula is C14H22BrN3O2S. The van der Waals surface area contributed by atoms with Gasteiger partial charge in [-0.1, -0.05) is 0 Å². The number of urea groups is 1. The summed E-state index contributed by atoms with van der Waals surface area (Å²) in [4.78, 5) is 26.8. The second-order valence-electron chi connectivity index (χ2n) is 6.02. The Balaban J connectivity index is 2.51. The lowest BCUT2D eigenvalue weighted by atomic mass is 10.1. The Labute approximate surface area is 138 Å². The molecule has 0 fully saturated rings. The van der Waals surface area contributed by atoms with Crippen molar-refractivity contribution in [2.45, 2.75) is 45.8 Å². The van der Waals surface area contributed by atoms with Gasteiger partial charge in [-0.15, -0.1) is 11.3 Å². The first-order valence-electron chi connectivity index (χ1n) is 6.64. The summed E-state index contributed by atoms with van der Waals surface area (Å²) in [7, 11) is 1.86. The highest BCUT2D eigenvalue weighted by Gasteiger charge is 2.22. The molecular weight excluding hydrogens is 354 g/mol. The zero-order chi connectivity index (χ0) is 16.2. The lowest BCUT2D eigenvalue weighted by Crippen LogP contribution is -2.52. The van der Waals surface area contributed by atoms with Crippen LogP contribution in [0.4, 0.5) is 4.79 Å². The number of nitrogens with one attached hydrogen (secondary N) is 2. The molecule has 0 radical (unpaired) electrons. The van der Waals surface area contributed by atoms with E-state index in [1.807, 2.05) is 44.2 Å². The van der Waals surface area contributed by atoms with E-state index in [1.165, 1.54) is 0 Å². The Morgan fingerprint density at radius 1 is 1.43 bits per heavy atom. The number of hydrogen-bond donors (Lipinski definition) is 2. The lowest BCUT2D eigenvalue weighted by Gasteiger charge is -2.25. The molecule has 1 heterocycles. The van der Waals surface area contributed by atoms with Crippen LogP contribution in [-0.4, -0.2) is 35.5 Å². The SMILES string of the molecule is C[C@H](C(=O)NC(=O)NC(C)(C)C)N(C)Cc1cc(Br)cs1. The minimum Gasteiger partial charge on any atom is -0.333 e. The van der Waals surface area contributed by atoms with Gasteiger partial charge in [-0.25, -0.2) is 4.79 Å². The largest absolute Gasteiger partial charge is 0.333 e. The van der Waals surface area contributed by atoms with Gasteiger partial charge in [0.15, 0.2) is 0 Å². The highest BCUT2D eigenvalue weighted by molar-refractivity contribution is 9.10. The zero-order valence-electron chi connectivity index (χ0n) is 13.0. The van der Waals surface area contributed by atoms with E-state index >= 15 is 0 Å². The molecule has 0 aliphatic heterocycles. The van der Waals surface area contributed by atoms with E-state index in [-0.39, 0.29) is 11.4 Å². The molecule has 5 nitrogen and oxygen atoms in total. The Morgan fingerprint density at radius 2 is 2.05 bits per heavy atom. The van der Waals surface area contributed by atoms with E-state index in [0.29, 0.717) is 6.54 Å². The maximum atomic E-state index is 12.1. The number of carbonyl (C=O) groups excluding carboxylic acids is 2. The molecule has 1 atom stereocenters. The molecule has 2 N–H and O–H groups in total. The van der Waals surface area contributed by atoms with Crippen LogP contribution in [0, 0.1) is 0 Å². The van der Waals surface area contributed by atoms with E-state index in [1.54, 1.807) is 18.3 Å². The predicted octanol–water partition coefficient (Wildman–Crippen LogP) is 2.96. The van der Waals surface area contributed by atoms with E-state index < -0.39 is 12.1 Å². The van der Waals surface area contributed by atoms with Crippen molar-refractivity contribution in [2.75, 3.05) is 7.05 Å². The summed E-state index contributed by atoms with van der Waals surface area (Å²) in [6.07, 6.45) is 0. The normalized spacial score (nSPS) is 13.1. The fourth-order valence-corrected chi connectivity index (χ4v) is 3.12. The summed E-state index contributed by atoms with van der Waals surface area (Å²) in [5.41, 5.74) is -0.372. The van der Waals surface area contributed by atoms with Crippen molar-refractivity contribution in [1.82, 2.24) is 15.5 Å². The average Bonchev–Trinajstić information content (AvgIpc) is 2.70. The molecule has 0 aliphatic carbocycles. The second-order valence-corrected chi connectivity index (χ2v) is 7.93. The van der Waals surface area contributed by atoms with E-state index in [2.05, 4.69) is 26.6 Å². The van der Waals surface area contributed by atoms with Crippen LogP contribution in [0.25, 0.3) is 0 Å². The van der Waals surface area contributed by atoms with Crippen molar-refractivity contribution in [3.8, 4) is 0 Å². The Bertz CT molecular complexity index is 511.